The van der Waals surface area contributed by atoms with Gasteiger partial charge >= 0.3 is 0 Å². The summed E-state index contributed by atoms with van der Waals surface area (Å²) < 4.78 is 5.63. The molecule has 1 aromatic heterocycles. The largest absolute Gasteiger partial charge is 0.497 e. The van der Waals surface area contributed by atoms with Gasteiger partial charge in [-0.05, 0) is 48.2 Å². The molecule has 2 amide bonds. The summed E-state index contributed by atoms with van der Waals surface area (Å²) in [6, 6.07) is 11.0. The molecule has 1 saturated heterocycles. The molecule has 3 rings (SSSR count). The molecule has 0 atom stereocenters. The van der Waals surface area contributed by atoms with Crippen molar-refractivity contribution in [2.75, 3.05) is 19.0 Å². The van der Waals surface area contributed by atoms with E-state index in [0.29, 0.717) is 34.3 Å². The summed E-state index contributed by atoms with van der Waals surface area (Å²) in [7, 11) is 1.59. The van der Waals surface area contributed by atoms with Crippen LogP contribution < -0.4 is 10.1 Å². The van der Waals surface area contributed by atoms with E-state index < -0.39 is 0 Å². The van der Waals surface area contributed by atoms with Gasteiger partial charge in [0.15, 0.2) is 0 Å². The van der Waals surface area contributed by atoms with Gasteiger partial charge in [-0.25, -0.2) is 0 Å². The van der Waals surface area contributed by atoms with Crippen molar-refractivity contribution < 1.29 is 14.3 Å². The third kappa shape index (κ3) is 5.18. The summed E-state index contributed by atoms with van der Waals surface area (Å²) in [5.41, 5.74) is 0.713. The zero-order valence-electron chi connectivity index (χ0n) is 14.6. The number of carbonyl (C=O) groups is 2. The Morgan fingerprint density at radius 2 is 2.07 bits per heavy atom. The number of anilines is 1. The highest BCUT2D eigenvalue weighted by Gasteiger charge is 2.31. The van der Waals surface area contributed by atoms with E-state index in [0.717, 1.165) is 10.6 Å². The first-order valence-corrected chi connectivity index (χ1v) is 10.4. The lowest BCUT2D eigenvalue weighted by molar-refractivity contribution is -0.122. The number of methoxy groups -OCH3 is 1. The van der Waals surface area contributed by atoms with Crippen molar-refractivity contribution in [3.8, 4) is 5.75 Å². The Balaban J connectivity index is 1.48. The fourth-order valence-electron chi connectivity index (χ4n) is 2.49. The van der Waals surface area contributed by atoms with Crippen LogP contribution in [-0.4, -0.2) is 34.7 Å². The van der Waals surface area contributed by atoms with Crippen molar-refractivity contribution in [3.05, 3.63) is 51.6 Å². The Kier molecular flexibility index (Phi) is 6.65. The average Bonchev–Trinajstić information content (AvgIpc) is 3.26. The van der Waals surface area contributed by atoms with Gasteiger partial charge < -0.3 is 10.1 Å². The van der Waals surface area contributed by atoms with Crippen molar-refractivity contribution >= 4 is 63.2 Å². The van der Waals surface area contributed by atoms with Crippen molar-refractivity contribution in [1.29, 1.82) is 0 Å². The number of carbonyl (C=O) groups excluding carboxylic acids is 2. The van der Waals surface area contributed by atoms with E-state index in [4.69, 9.17) is 17.0 Å². The van der Waals surface area contributed by atoms with Gasteiger partial charge in [-0.15, -0.1) is 11.3 Å². The second-order valence-corrected chi connectivity index (χ2v) is 8.38. The summed E-state index contributed by atoms with van der Waals surface area (Å²) >= 11 is 8.20. The van der Waals surface area contributed by atoms with Gasteiger partial charge in [0.1, 0.15) is 10.1 Å². The van der Waals surface area contributed by atoms with E-state index >= 15 is 0 Å². The Morgan fingerprint density at radius 3 is 2.74 bits per heavy atom. The lowest BCUT2D eigenvalue weighted by Crippen LogP contribution is -2.29. The minimum absolute atomic E-state index is 0.0889. The third-order valence-corrected chi connectivity index (χ3v) is 6.05. The van der Waals surface area contributed by atoms with Crippen LogP contribution in [0.4, 0.5) is 5.69 Å². The molecule has 0 saturated carbocycles. The quantitative estimate of drug-likeness (QED) is 0.534. The standard InChI is InChI=1S/C19H18N2O3S3/c1-24-14-8-6-13(7-9-14)20-17(22)5-2-10-21-18(23)16(27-19(21)25)12-15-4-3-11-26-15/h3-4,6-9,11-12H,2,5,10H2,1H3,(H,20,22). The number of hydrogen-bond acceptors (Lipinski definition) is 6. The highest BCUT2D eigenvalue weighted by molar-refractivity contribution is 8.26. The Morgan fingerprint density at radius 1 is 1.30 bits per heavy atom. The molecule has 0 aliphatic carbocycles. The van der Waals surface area contributed by atoms with Crippen molar-refractivity contribution in [1.82, 2.24) is 4.90 Å². The van der Waals surface area contributed by atoms with Gasteiger partial charge in [-0.3, -0.25) is 14.5 Å². The first-order valence-electron chi connectivity index (χ1n) is 8.29. The summed E-state index contributed by atoms with van der Waals surface area (Å²) in [5.74, 6) is 0.548. The van der Waals surface area contributed by atoms with Crippen LogP contribution in [0, 0.1) is 0 Å². The fourth-order valence-corrected chi connectivity index (χ4v) is 4.52. The number of amides is 2. The predicted octanol–water partition coefficient (Wildman–Crippen LogP) is 4.38. The molecule has 1 aliphatic rings. The van der Waals surface area contributed by atoms with Crippen LogP contribution in [0.3, 0.4) is 0 Å². The fraction of sp³-hybridized carbons (Fsp3) is 0.211. The lowest BCUT2D eigenvalue weighted by Gasteiger charge is -2.14. The maximum absolute atomic E-state index is 12.5. The van der Waals surface area contributed by atoms with Gasteiger partial charge in [-0.1, -0.05) is 30.0 Å². The molecule has 1 N–H and O–H groups in total. The van der Waals surface area contributed by atoms with Crippen LogP contribution in [0.25, 0.3) is 6.08 Å². The minimum atomic E-state index is -0.0975. The Labute approximate surface area is 171 Å². The zero-order valence-corrected chi connectivity index (χ0v) is 17.1. The van der Waals surface area contributed by atoms with Crippen LogP contribution in [0.2, 0.25) is 0 Å². The molecule has 0 bridgehead atoms. The summed E-state index contributed by atoms with van der Waals surface area (Å²) in [6.07, 6.45) is 2.72. The number of nitrogens with one attached hydrogen (secondary N) is 1. The summed E-state index contributed by atoms with van der Waals surface area (Å²) in [4.78, 5) is 27.8. The molecule has 8 heteroatoms. The first-order chi connectivity index (χ1) is 13.1. The number of hydrogen-bond donors (Lipinski definition) is 1. The van der Waals surface area contributed by atoms with Crippen LogP contribution in [0.15, 0.2) is 46.7 Å². The van der Waals surface area contributed by atoms with Crippen molar-refractivity contribution in [3.63, 3.8) is 0 Å². The highest BCUT2D eigenvalue weighted by atomic mass is 32.2. The second-order valence-electron chi connectivity index (χ2n) is 5.73. The summed E-state index contributed by atoms with van der Waals surface area (Å²) in [6.45, 7) is 0.433. The maximum Gasteiger partial charge on any atom is 0.266 e. The topological polar surface area (TPSA) is 58.6 Å². The van der Waals surface area contributed by atoms with Gasteiger partial charge in [-0.2, -0.15) is 0 Å². The molecule has 0 radical (unpaired) electrons. The van der Waals surface area contributed by atoms with Gasteiger partial charge in [0.05, 0.1) is 12.0 Å². The van der Waals surface area contributed by atoms with Gasteiger partial charge in [0, 0.05) is 23.5 Å². The van der Waals surface area contributed by atoms with Gasteiger partial charge in [0.25, 0.3) is 5.91 Å². The molecule has 0 spiro atoms. The van der Waals surface area contributed by atoms with E-state index in [9.17, 15) is 9.59 Å². The second kappa shape index (κ2) is 9.16. The Hall–Kier alpha value is -2.16. The molecule has 5 nitrogen and oxygen atoms in total. The molecule has 2 aromatic rings. The highest BCUT2D eigenvalue weighted by Crippen LogP contribution is 2.33. The number of rotatable bonds is 7. The number of thiocarbonyl (C=S) groups is 1. The van der Waals surface area contributed by atoms with E-state index in [1.165, 1.54) is 11.8 Å². The van der Waals surface area contributed by atoms with Crippen molar-refractivity contribution in [2.24, 2.45) is 0 Å². The smallest absolute Gasteiger partial charge is 0.266 e. The molecule has 1 aromatic carbocycles. The number of benzene rings is 1. The minimum Gasteiger partial charge on any atom is -0.497 e. The molecular weight excluding hydrogens is 400 g/mol. The molecule has 140 valence electrons. The van der Waals surface area contributed by atoms with E-state index in [1.807, 2.05) is 23.6 Å². The normalized spacial score (nSPS) is 15.4. The lowest BCUT2D eigenvalue weighted by atomic mass is 10.2. The van der Waals surface area contributed by atoms with Crippen LogP contribution in [0.5, 0.6) is 5.75 Å². The van der Waals surface area contributed by atoms with E-state index in [1.54, 1.807) is 47.6 Å². The van der Waals surface area contributed by atoms with Crippen LogP contribution >= 0.6 is 35.3 Å². The first kappa shape index (κ1) is 19.6. The molecule has 27 heavy (non-hydrogen) atoms. The molecule has 2 heterocycles. The molecule has 1 aliphatic heterocycles. The van der Waals surface area contributed by atoms with Crippen molar-refractivity contribution in [2.45, 2.75) is 12.8 Å². The molecular formula is C19H18N2O3S3. The predicted molar refractivity (Wildman–Crippen MR) is 115 cm³/mol. The molecule has 1 fully saturated rings. The van der Waals surface area contributed by atoms with Crippen LogP contribution in [0.1, 0.15) is 17.7 Å². The zero-order chi connectivity index (χ0) is 19.2. The van der Waals surface area contributed by atoms with E-state index in [2.05, 4.69) is 5.32 Å². The number of thiophene rings is 1. The van der Waals surface area contributed by atoms with Crippen LogP contribution in [-0.2, 0) is 9.59 Å². The number of thioether (sulfide) groups is 1. The van der Waals surface area contributed by atoms with E-state index in [-0.39, 0.29) is 11.8 Å². The van der Waals surface area contributed by atoms with Gasteiger partial charge in [0.2, 0.25) is 5.91 Å². The average molecular weight is 419 g/mol. The number of ether oxygens (including phenoxy) is 1. The molecule has 0 unspecified atom stereocenters. The monoisotopic (exact) mass is 418 g/mol. The number of nitrogens with zero attached hydrogens (tertiary/aromatic N) is 1. The maximum atomic E-state index is 12.5. The third-order valence-electron chi connectivity index (χ3n) is 3.85. The SMILES string of the molecule is COc1ccc(NC(=O)CCCN2C(=O)C(=Cc3cccs3)SC2=S)cc1. The summed E-state index contributed by atoms with van der Waals surface area (Å²) in [5, 5.41) is 4.80. The Bertz CT molecular complexity index is 861.